The first kappa shape index (κ1) is 30.0. The SMILES string of the molecule is CC(C)COc1cc(F)cc(-c2ccc(C(=O)NS(=O)(=O)c3cccc(N)n3)c(N3CCC(c4ccccc4)C3C)n2)c1. The first-order valence-corrected chi connectivity index (χ1v) is 15.6. The lowest BCUT2D eigenvalue weighted by molar-refractivity contribution is 0.0981. The standard InChI is InChI=1S/C32H34FN5O4S/c1-20(2)19-42-25-17-23(16-24(33)18-25)28-13-12-27(32(39)37-43(40,41)30-11-7-10-29(34)36-30)31(35-28)38-15-14-26(21(38)3)22-8-5-4-6-9-22/h4-13,16-18,20-21,26H,14-15,19H2,1-3H3,(H2,34,36)(H,37,39). The molecule has 1 fully saturated rings. The summed E-state index contributed by atoms with van der Waals surface area (Å²) in [7, 11) is -4.33. The number of aromatic nitrogens is 2. The zero-order valence-corrected chi connectivity index (χ0v) is 25.0. The summed E-state index contributed by atoms with van der Waals surface area (Å²) < 4.78 is 48.6. The Kier molecular flexibility index (Phi) is 8.63. The summed E-state index contributed by atoms with van der Waals surface area (Å²) in [6.45, 7) is 7.05. The van der Waals surface area contributed by atoms with Crippen LogP contribution in [-0.2, 0) is 10.0 Å². The van der Waals surface area contributed by atoms with Gasteiger partial charge in [-0.25, -0.2) is 19.1 Å². The molecule has 9 nitrogen and oxygen atoms in total. The van der Waals surface area contributed by atoms with Crippen LogP contribution in [0.2, 0.25) is 0 Å². The first-order chi connectivity index (χ1) is 20.5. The molecular formula is C32H34FN5O4S. The Labute approximate surface area is 251 Å². The van der Waals surface area contributed by atoms with Crippen molar-refractivity contribution >= 4 is 27.6 Å². The lowest BCUT2D eigenvalue weighted by Crippen LogP contribution is -2.35. The second-order valence-corrected chi connectivity index (χ2v) is 12.7. The number of carbonyl (C=O) groups is 1. The van der Waals surface area contributed by atoms with Crippen molar-refractivity contribution in [2.24, 2.45) is 5.92 Å². The van der Waals surface area contributed by atoms with Crippen molar-refractivity contribution in [1.82, 2.24) is 14.7 Å². The molecule has 5 rings (SSSR count). The van der Waals surface area contributed by atoms with Crippen LogP contribution in [0, 0.1) is 11.7 Å². The summed E-state index contributed by atoms with van der Waals surface area (Å²) in [4.78, 5) is 24.2. The maximum Gasteiger partial charge on any atom is 0.281 e. The van der Waals surface area contributed by atoms with Gasteiger partial charge in [0.15, 0.2) is 5.03 Å². The molecule has 0 radical (unpaired) electrons. The topological polar surface area (TPSA) is 128 Å². The first-order valence-electron chi connectivity index (χ1n) is 14.1. The van der Waals surface area contributed by atoms with Gasteiger partial charge in [0.05, 0.1) is 17.9 Å². The molecule has 3 N–H and O–H groups in total. The molecule has 4 aromatic rings. The Bertz CT molecular complexity index is 1730. The van der Waals surface area contributed by atoms with Gasteiger partial charge in [-0.05, 0) is 61.2 Å². The van der Waals surface area contributed by atoms with E-state index in [-0.39, 0.29) is 34.3 Å². The Morgan fingerprint density at radius 3 is 2.56 bits per heavy atom. The van der Waals surface area contributed by atoms with Gasteiger partial charge in [0.1, 0.15) is 23.2 Å². The molecule has 0 aliphatic carbocycles. The highest BCUT2D eigenvalue weighted by molar-refractivity contribution is 7.90. The predicted molar refractivity (Wildman–Crippen MR) is 164 cm³/mol. The molecular weight excluding hydrogens is 569 g/mol. The number of halogens is 1. The molecule has 2 unspecified atom stereocenters. The number of nitrogen functional groups attached to an aromatic ring is 1. The van der Waals surface area contributed by atoms with Gasteiger partial charge in [-0.2, -0.15) is 8.42 Å². The van der Waals surface area contributed by atoms with Gasteiger partial charge in [-0.3, -0.25) is 4.79 Å². The Morgan fingerprint density at radius 1 is 1.07 bits per heavy atom. The van der Waals surface area contributed by atoms with E-state index in [9.17, 15) is 17.6 Å². The van der Waals surface area contributed by atoms with Crippen LogP contribution in [-0.4, -0.2) is 43.5 Å². The Hall–Kier alpha value is -4.51. The number of anilines is 2. The van der Waals surface area contributed by atoms with Crippen LogP contribution >= 0.6 is 0 Å². The Balaban J connectivity index is 1.54. The maximum atomic E-state index is 14.7. The monoisotopic (exact) mass is 603 g/mol. The average Bonchev–Trinajstić information content (AvgIpc) is 3.36. The number of carbonyl (C=O) groups excluding carboxylic acids is 1. The number of nitrogens with two attached hydrogens (primary N) is 1. The van der Waals surface area contributed by atoms with Crippen molar-refractivity contribution in [1.29, 1.82) is 0 Å². The molecule has 2 aromatic heterocycles. The Morgan fingerprint density at radius 2 is 1.84 bits per heavy atom. The largest absolute Gasteiger partial charge is 0.493 e. The summed E-state index contributed by atoms with van der Waals surface area (Å²) in [5.41, 5.74) is 7.77. The highest BCUT2D eigenvalue weighted by atomic mass is 32.2. The molecule has 43 heavy (non-hydrogen) atoms. The predicted octanol–water partition coefficient (Wildman–Crippen LogP) is 5.40. The molecule has 224 valence electrons. The van der Waals surface area contributed by atoms with Gasteiger partial charge < -0.3 is 15.4 Å². The third-order valence-electron chi connectivity index (χ3n) is 7.37. The number of benzene rings is 2. The zero-order valence-electron chi connectivity index (χ0n) is 24.2. The van der Waals surface area contributed by atoms with Crippen molar-refractivity contribution in [3.63, 3.8) is 0 Å². The third-order valence-corrected chi connectivity index (χ3v) is 8.60. The van der Waals surface area contributed by atoms with E-state index < -0.39 is 21.7 Å². The van der Waals surface area contributed by atoms with E-state index in [0.29, 0.717) is 36.0 Å². The number of amides is 1. The number of nitrogens with zero attached hydrogens (tertiary/aromatic N) is 3. The smallest absolute Gasteiger partial charge is 0.281 e. The van der Waals surface area contributed by atoms with E-state index in [2.05, 4.69) is 21.8 Å². The average molecular weight is 604 g/mol. The molecule has 0 saturated carbocycles. The molecule has 2 atom stereocenters. The maximum absolute atomic E-state index is 14.7. The van der Waals surface area contributed by atoms with E-state index >= 15 is 0 Å². The second-order valence-electron chi connectivity index (χ2n) is 11.0. The zero-order chi connectivity index (χ0) is 30.7. The van der Waals surface area contributed by atoms with Crippen molar-refractivity contribution < 1.29 is 22.3 Å². The summed E-state index contributed by atoms with van der Waals surface area (Å²) in [5, 5.41) is -0.376. The minimum absolute atomic E-state index is 0.00622. The lowest BCUT2D eigenvalue weighted by atomic mass is 9.93. The number of pyridine rings is 2. The number of nitrogens with one attached hydrogen (secondary N) is 1. The highest BCUT2D eigenvalue weighted by Gasteiger charge is 2.35. The van der Waals surface area contributed by atoms with Crippen molar-refractivity contribution in [3.8, 4) is 17.0 Å². The number of ether oxygens (including phenoxy) is 1. The lowest BCUT2D eigenvalue weighted by Gasteiger charge is -2.28. The van der Waals surface area contributed by atoms with Gasteiger partial charge in [0.25, 0.3) is 15.9 Å². The van der Waals surface area contributed by atoms with Crippen molar-refractivity contribution in [2.45, 2.75) is 44.2 Å². The molecule has 1 amide bonds. The van der Waals surface area contributed by atoms with Gasteiger partial charge in [-0.15, -0.1) is 0 Å². The minimum Gasteiger partial charge on any atom is -0.493 e. The van der Waals surface area contributed by atoms with Crippen LogP contribution in [0.3, 0.4) is 0 Å². The molecule has 0 spiro atoms. The fourth-order valence-electron chi connectivity index (χ4n) is 5.26. The van der Waals surface area contributed by atoms with Crippen molar-refractivity contribution in [2.75, 3.05) is 23.8 Å². The molecule has 1 aliphatic heterocycles. The summed E-state index contributed by atoms with van der Waals surface area (Å²) in [6, 6.07) is 21.6. The van der Waals surface area contributed by atoms with Crippen LogP contribution in [0.4, 0.5) is 16.0 Å². The van der Waals surface area contributed by atoms with Gasteiger partial charge >= 0.3 is 0 Å². The fraction of sp³-hybridized carbons (Fsp3) is 0.281. The van der Waals surface area contributed by atoms with Gasteiger partial charge in [0.2, 0.25) is 0 Å². The fourth-order valence-corrected chi connectivity index (χ4v) is 6.20. The van der Waals surface area contributed by atoms with E-state index in [0.717, 1.165) is 12.0 Å². The number of hydrogen-bond acceptors (Lipinski definition) is 8. The summed E-state index contributed by atoms with van der Waals surface area (Å²) in [6.07, 6.45) is 0.802. The minimum atomic E-state index is -4.33. The van der Waals surface area contributed by atoms with Crippen LogP contribution in [0.25, 0.3) is 11.3 Å². The van der Waals surface area contributed by atoms with E-state index in [1.165, 1.54) is 36.4 Å². The molecule has 1 saturated heterocycles. The van der Waals surface area contributed by atoms with Crippen molar-refractivity contribution in [3.05, 3.63) is 95.8 Å². The molecule has 11 heteroatoms. The normalized spacial score (nSPS) is 16.8. The quantitative estimate of drug-likeness (QED) is 0.260. The van der Waals surface area contributed by atoms with Crippen LogP contribution < -0.4 is 20.1 Å². The van der Waals surface area contributed by atoms with Crippen LogP contribution in [0.5, 0.6) is 5.75 Å². The molecule has 1 aliphatic rings. The highest BCUT2D eigenvalue weighted by Crippen LogP contribution is 2.38. The van der Waals surface area contributed by atoms with E-state index in [1.807, 2.05) is 43.9 Å². The summed E-state index contributed by atoms with van der Waals surface area (Å²) in [5.74, 6) is -0.268. The molecule has 2 aromatic carbocycles. The van der Waals surface area contributed by atoms with Gasteiger partial charge in [0, 0.05) is 30.1 Å². The van der Waals surface area contributed by atoms with E-state index in [4.69, 9.17) is 15.5 Å². The third kappa shape index (κ3) is 6.77. The summed E-state index contributed by atoms with van der Waals surface area (Å²) >= 11 is 0. The van der Waals surface area contributed by atoms with Crippen LogP contribution in [0.15, 0.2) is 83.9 Å². The number of sulfonamides is 1. The van der Waals surface area contributed by atoms with E-state index in [1.54, 1.807) is 12.1 Å². The number of hydrogen-bond donors (Lipinski definition) is 2. The molecule has 3 heterocycles. The van der Waals surface area contributed by atoms with Gasteiger partial charge in [-0.1, -0.05) is 50.2 Å². The van der Waals surface area contributed by atoms with Crippen LogP contribution in [0.1, 0.15) is 49.0 Å². The number of rotatable bonds is 9. The molecule has 0 bridgehead atoms. The second kappa shape index (κ2) is 12.4.